The summed E-state index contributed by atoms with van der Waals surface area (Å²) in [4.78, 5) is 18.0. The fraction of sp³-hybridized carbons (Fsp3) is 0.400. The minimum Gasteiger partial charge on any atom is -0.405 e. The SMILES string of the molecule is CC[C@H]1O[Si](C(C)C)(C(C)C)c2c1cc(CCC1C(=O)Nc3ccccc31)nc2-c1ccccc1. The number of amides is 1. The highest BCUT2D eigenvalue weighted by Crippen LogP contribution is 2.46. The fourth-order valence-electron chi connectivity index (χ4n) is 6.25. The van der Waals surface area contributed by atoms with E-state index < -0.39 is 8.32 Å². The fourth-order valence-corrected chi connectivity index (χ4v) is 11.4. The molecule has 5 rings (SSSR count). The summed E-state index contributed by atoms with van der Waals surface area (Å²) in [5.41, 5.74) is 7.59. The second kappa shape index (κ2) is 9.36. The van der Waals surface area contributed by atoms with Crippen molar-refractivity contribution in [2.24, 2.45) is 0 Å². The molecule has 1 amide bonds. The first-order valence-corrected chi connectivity index (χ1v) is 15.1. The van der Waals surface area contributed by atoms with E-state index in [0.29, 0.717) is 11.1 Å². The lowest BCUT2D eigenvalue weighted by atomic mass is 9.94. The second-order valence-electron chi connectivity index (χ2n) is 10.6. The van der Waals surface area contributed by atoms with Crippen molar-refractivity contribution >= 4 is 25.1 Å². The van der Waals surface area contributed by atoms with Gasteiger partial charge in [0.1, 0.15) is 0 Å². The first kappa shape index (κ1) is 24.0. The Morgan fingerprint density at radius 2 is 1.66 bits per heavy atom. The minimum atomic E-state index is -2.28. The van der Waals surface area contributed by atoms with Crippen LogP contribution in [0, 0.1) is 0 Å². The Labute approximate surface area is 210 Å². The summed E-state index contributed by atoms with van der Waals surface area (Å²) in [5, 5.41) is 4.44. The number of para-hydroxylation sites is 1. The van der Waals surface area contributed by atoms with Gasteiger partial charge in [0, 0.05) is 22.1 Å². The number of rotatable bonds is 7. The Morgan fingerprint density at radius 1 is 0.971 bits per heavy atom. The largest absolute Gasteiger partial charge is 0.405 e. The number of carbonyl (C=O) groups excluding carboxylic acids is 1. The van der Waals surface area contributed by atoms with Crippen molar-refractivity contribution in [3.05, 3.63) is 77.5 Å². The van der Waals surface area contributed by atoms with Crippen molar-refractivity contribution in [2.45, 2.75) is 77.0 Å². The van der Waals surface area contributed by atoms with Gasteiger partial charge in [0.2, 0.25) is 14.2 Å². The van der Waals surface area contributed by atoms with E-state index in [0.717, 1.165) is 47.5 Å². The number of pyridine rings is 1. The van der Waals surface area contributed by atoms with Crippen LogP contribution in [0.5, 0.6) is 0 Å². The summed E-state index contributed by atoms with van der Waals surface area (Å²) < 4.78 is 7.08. The van der Waals surface area contributed by atoms with Crippen LogP contribution in [-0.4, -0.2) is 19.2 Å². The van der Waals surface area contributed by atoms with E-state index in [9.17, 15) is 4.79 Å². The van der Waals surface area contributed by atoms with Gasteiger partial charge < -0.3 is 9.74 Å². The number of fused-ring (bicyclic) bond motifs is 2. The van der Waals surface area contributed by atoms with Gasteiger partial charge in [-0.25, -0.2) is 0 Å². The highest BCUT2D eigenvalue weighted by molar-refractivity contribution is 6.90. The topological polar surface area (TPSA) is 51.2 Å². The summed E-state index contributed by atoms with van der Waals surface area (Å²) >= 11 is 0. The van der Waals surface area contributed by atoms with Crippen LogP contribution in [0.2, 0.25) is 11.1 Å². The van der Waals surface area contributed by atoms with Crippen LogP contribution >= 0.6 is 0 Å². The summed E-state index contributed by atoms with van der Waals surface area (Å²) in [6.45, 7) is 11.5. The van der Waals surface area contributed by atoms with E-state index in [1.54, 1.807) is 0 Å². The van der Waals surface area contributed by atoms with Crippen molar-refractivity contribution < 1.29 is 9.22 Å². The van der Waals surface area contributed by atoms with Crippen LogP contribution < -0.4 is 10.5 Å². The maximum absolute atomic E-state index is 12.7. The zero-order valence-electron chi connectivity index (χ0n) is 21.5. The maximum atomic E-state index is 12.7. The molecule has 1 aromatic heterocycles. The van der Waals surface area contributed by atoms with Gasteiger partial charge in [-0.3, -0.25) is 9.78 Å². The van der Waals surface area contributed by atoms with Crippen LogP contribution in [0.3, 0.4) is 0 Å². The third kappa shape index (κ3) is 3.95. The molecular weight excluding hydrogens is 448 g/mol. The first-order valence-electron chi connectivity index (χ1n) is 13.0. The summed E-state index contributed by atoms with van der Waals surface area (Å²) in [6.07, 6.45) is 2.57. The van der Waals surface area contributed by atoms with E-state index in [2.05, 4.69) is 82.4 Å². The molecule has 2 aliphatic rings. The Balaban J connectivity index is 1.60. The number of hydrogen-bond acceptors (Lipinski definition) is 3. The lowest BCUT2D eigenvalue weighted by Crippen LogP contribution is -2.53. The highest BCUT2D eigenvalue weighted by atomic mass is 28.4. The van der Waals surface area contributed by atoms with Crippen molar-refractivity contribution in [2.75, 3.05) is 5.32 Å². The summed E-state index contributed by atoms with van der Waals surface area (Å²) in [7, 11) is -2.28. The van der Waals surface area contributed by atoms with Crippen molar-refractivity contribution in [3.8, 4) is 11.3 Å². The molecule has 35 heavy (non-hydrogen) atoms. The Morgan fingerprint density at radius 3 is 2.34 bits per heavy atom. The number of aromatic nitrogens is 1. The predicted molar refractivity (Wildman–Crippen MR) is 146 cm³/mol. The molecule has 0 aliphatic carbocycles. The zero-order chi connectivity index (χ0) is 24.7. The van der Waals surface area contributed by atoms with Crippen molar-refractivity contribution in [1.29, 1.82) is 0 Å². The molecule has 1 unspecified atom stereocenters. The number of aryl methyl sites for hydroxylation is 1. The zero-order valence-corrected chi connectivity index (χ0v) is 22.5. The van der Waals surface area contributed by atoms with Crippen LogP contribution in [-0.2, 0) is 15.6 Å². The van der Waals surface area contributed by atoms with Crippen LogP contribution in [0.4, 0.5) is 5.69 Å². The molecule has 182 valence electrons. The van der Waals surface area contributed by atoms with Crippen LogP contribution in [0.15, 0.2) is 60.7 Å². The van der Waals surface area contributed by atoms with Crippen molar-refractivity contribution in [3.63, 3.8) is 0 Å². The Kier molecular flexibility index (Phi) is 6.41. The molecule has 0 fully saturated rings. The molecule has 4 nitrogen and oxygen atoms in total. The lowest BCUT2D eigenvalue weighted by Gasteiger charge is -2.36. The van der Waals surface area contributed by atoms with E-state index in [-0.39, 0.29) is 17.9 Å². The molecule has 0 bridgehead atoms. The average molecular weight is 485 g/mol. The smallest absolute Gasteiger partial charge is 0.232 e. The number of hydrogen-bond donors (Lipinski definition) is 1. The van der Waals surface area contributed by atoms with Gasteiger partial charge in [-0.2, -0.15) is 0 Å². The van der Waals surface area contributed by atoms with Crippen LogP contribution in [0.1, 0.15) is 76.3 Å². The normalized spacial score (nSPS) is 20.3. The second-order valence-corrected chi connectivity index (χ2v) is 15.2. The monoisotopic (exact) mass is 484 g/mol. The molecule has 3 aromatic rings. The maximum Gasteiger partial charge on any atom is 0.232 e. The summed E-state index contributed by atoms with van der Waals surface area (Å²) in [6, 6.07) is 20.9. The van der Waals surface area contributed by atoms with Gasteiger partial charge in [0.15, 0.2) is 0 Å². The van der Waals surface area contributed by atoms with Gasteiger partial charge in [-0.05, 0) is 53.6 Å². The number of nitrogens with one attached hydrogen (secondary N) is 1. The van der Waals surface area contributed by atoms with E-state index in [1.165, 1.54) is 10.8 Å². The van der Waals surface area contributed by atoms with E-state index in [4.69, 9.17) is 9.41 Å². The van der Waals surface area contributed by atoms with E-state index >= 15 is 0 Å². The number of benzene rings is 2. The third-order valence-corrected chi connectivity index (χ3v) is 13.3. The molecule has 2 aliphatic heterocycles. The Hall–Kier alpha value is -2.76. The number of nitrogens with zero attached hydrogens (tertiary/aromatic N) is 1. The molecule has 5 heteroatoms. The standard InChI is InChI=1S/C30H36N2O2Si/c1-6-27-25-18-22(16-17-24-23-14-10-11-15-26(23)32-30(24)33)31-28(21-12-8-7-9-13-21)29(25)35(34-27,19(2)3)20(4)5/h7-15,18-20,24,27H,6,16-17H2,1-5H3,(H,32,33)/t24?,27-/m1/s1. The van der Waals surface area contributed by atoms with Gasteiger partial charge >= 0.3 is 0 Å². The molecule has 2 aromatic carbocycles. The molecule has 1 N–H and O–H groups in total. The van der Waals surface area contributed by atoms with Gasteiger partial charge in [-0.1, -0.05) is 83.1 Å². The quantitative estimate of drug-likeness (QED) is 0.372. The van der Waals surface area contributed by atoms with Gasteiger partial charge in [-0.15, -0.1) is 0 Å². The summed E-state index contributed by atoms with van der Waals surface area (Å²) in [5.74, 6) is -0.0316. The molecule has 2 atom stereocenters. The van der Waals surface area contributed by atoms with Gasteiger partial charge in [0.25, 0.3) is 0 Å². The molecule has 3 heterocycles. The molecule has 0 saturated carbocycles. The van der Waals surface area contributed by atoms with Crippen molar-refractivity contribution in [1.82, 2.24) is 4.98 Å². The number of anilines is 1. The Bertz CT molecular complexity index is 1230. The lowest BCUT2D eigenvalue weighted by molar-refractivity contribution is -0.117. The third-order valence-electron chi connectivity index (χ3n) is 7.91. The van der Waals surface area contributed by atoms with E-state index in [1.807, 2.05) is 18.2 Å². The first-order chi connectivity index (χ1) is 16.9. The predicted octanol–water partition coefficient (Wildman–Crippen LogP) is 6.87. The molecule has 0 saturated heterocycles. The highest BCUT2D eigenvalue weighted by Gasteiger charge is 2.54. The average Bonchev–Trinajstić information content (AvgIpc) is 3.37. The van der Waals surface area contributed by atoms with Crippen LogP contribution in [0.25, 0.3) is 11.3 Å². The molecule has 0 spiro atoms. The molecular formula is C30H36N2O2Si. The van der Waals surface area contributed by atoms with Gasteiger partial charge in [0.05, 0.1) is 17.7 Å². The number of carbonyl (C=O) groups is 1. The minimum absolute atomic E-state index is 0.0939. The molecule has 0 radical (unpaired) electrons.